The molecule has 174 valence electrons. The van der Waals surface area contributed by atoms with Gasteiger partial charge in [-0.25, -0.2) is 0 Å². The molecule has 0 aliphatic carbocycles. The largest absolute Gasteiger partial charge is 0.490 e. The van der Waals surface area contributed by atoms with Gasteiger partial charge < -0.3 is 14.8 Å². The Morgan fingerprint density at radius 2 is 1.85 bits per heavy atom. The maximum Gasteiger partial charge on any atom is 0.262 e. The molecule has 5 nitrogen and oxygen atoms in total. The molecule has 0 saturated carbocycles. The summed E-state index contributed by atoms with van der Waals surface area (Å²) < 4.78 is 12.3. The molecule has 1 amide bonds. The number of carbonyl (C=O) groups excluding carboxylic acids is 1. The van der Waals surface area contributed by atoms with Crippen molar-refractivity contribution in [2.75, 3.05) is 18.5 Å². The first-order chi connectivity index (χ1) is 16.3. The first-order valence-electron chi connectivity index (χ1n) is 10.3. The van der Waals surface area contributed by atoms with Gasteiger partial charge in [0, 0.05) is 15.7 Å². The van der Waals surface area contributed by atoms with Crippen molar-refractivity contribution in [2.45, 2.75) is 13.8 Å². The number of allylic oxidation sites excluding steroid dienone is 1. The lowest BCUT2D eigenvalue weighted by molar-refractivity contribution is -0.118. The molecule has 0 aliphatic heterocycles. The van der Waals surface area contributed by atoms with Gasteiger partial charge in [0.05, 0.1) is 21.8 Å². The number of ether oxygens (including phenoxy) is 2. The van der Waals surface area contributed by atoms with E-state index >= 15 is 0 Å². The minimum absolute atomic E-state index is 0.203. The van der Waals surface area contributed by atoms with E-state index in [0.29, 0.717) is 39.4 Å². The average molecular weight is 607 g/mol. The number of hydrogen-bond acceptors (Lipinski definition) is 4. The van der Waals surface area contributed by atoms with E-state index in [9.17, 15) is 10.1 Å². The second-order valence-corrected chi connectivity index (χ2v) is 9.25. The van der Waals surface area contributed by atoms with E-state index in [0.717, 1.165) is 20.3 Å². The van der Waals surface area contributed by atoms with Crippen LogP contribution in [-0.4, -0.2) is 19.1 Å². The number of amides is 1. The van der Waals surface area contributed by atoms with Gasteiger partial charge in [-0.2, -0.15) is 5.26 Å². The van der Waals surface area contributed by atoms with Gasteiger partial charge in [-0.1, -0.05) is 41.4 Å². The van der Waals surface area contributed by atoms with Crippen LogP contribution >= 0.6 is 45.8 Å². The Morgan fingerprint density at radius 1 is 1.12 bits per heavy atom. The van der Waals surface area contributed by atoms with Crippen molar-refractivity contribution in [2.24, 2.45) is 0 Å². The van der Waals surface area contributed by atoms with Crippen molar-refractivity contribution >= 4 is 69.0 Å². The molecule has 0 aliphatic rings. The van der Waals surface area contributed by atoms with Crippen LogP contribution in [-0.2, 0) is 4.79 Å². The van der Waals surface area contributed by atoms with Crippen LogP contribution in [0.15, 0.2) is 54.6 Å². The molecule has 0 radical (unpaired) electrons. The summed E-state index contributed by atoms with van der Waals surface area (Å²) in [6.07, 6.45) is 1.77. The second kappa shape index (κ2) is 12.1. The van der Waals surface area contributed by atoms with Crippen molar-refractivity contribution in [3.05, 3.63) is 84.9 Å². The Hall–Kier alpha value is -2.73. The SMILES string of the molecule is CCOc1cc(/C=C(\C#N)c2ccc(Cl)cc2)cc(I)c1OCC(=O)Nc1ccc(C)c(Cl)c1. The Labute approximate surface area is 222 Å². The number of nitrogens with zero attached hydrogens (tertiary/aromatic N) is 1. The maximum atomic E-state index is 12.4. The zero-order chi connectivity index (χ0) is 24.7. The van der Waals surface area contributed by atoms with Crippen molar-refractivity contribution in [1.29, 1.82) is 5.26 Å². The first kappa shape index (κ1) is 25.9. The number of rotatable bonds is 8. The molecule has 3 rings (SSSR count). The fourth-order valence-corrected chi connectivity index (χ4v) is 4.14. The standard InChI is InChI=1S/C26H21Cl2IN2O3/c1-3-33-24-12-17(10-19(14-30)18-5-7-20(27)8-6-18)11-23(29)26(24)34-15-25(32)31-21-9-4-16(2)22(28)13-21/h4-13H,3,15H2,1-2H3,(H,31,32)/b19-10+. The third-order valence-corrected chi connectivity index (χ3v) is 6.18. The fourth-order valence-electron chi connectivity index (χ4n) is 3.06. The minimum atomic E-state index is -0.323. The molecule has 0 atom stereocenters. The van der Waals surface area contributed by atoms with Crippen LogP contribution in [0.25, 0.3) is 11.6 Å². The summed E-state index contributed by atoms with van der Waals surface area (Å²) in [6.45, 7) is 3.96. The summed E-state index contributed by atoms with van der Waals surface area (Å²) >= 11 is 14.2. The number of aryl methyl sites for hydroxylation is 1. The summed E-state index contributed by atoms with van der Waals surface area (Å²) in [6, 6.07) is 18.2. The number of carbonyl (C=O) groups is 1. The number of anilines is 1. The highest BCUT2D eigenvalue weighted by Crippen LogP contribution is 2.35. The van der Waals surface area contributed by atoms with E-state index < -0.39 is 0 Å². The van der Waals surface area contributed by atoms with Gasteiger partial charge in [-0.15, -0.1) is 0 Å². The number of hydrogen-bond donors (Lipinski definition) is 1. The monoisotopic (exact) mass is 606 g/mol. The molecule has 3 aromatic carbocycles. The second-order valence-electron chi connectivity index (χ2n) is 7.24. The van der Waals surface area contributed by atoms with Crippen molar-refractivity contribution in [1.82, 2.24) is 0 Å². The van der Waals surface area contributed by atoms with Crippen LogP contribution in [0, 0.1) is 21.8 Å². The van der Waals surface area contributed by atoms with E-state index in [1.54, 1.807) is 48.5 Å². The van der Waals surface area contributed by atoms with Crippen LogP contribution < -0.4 is 14.8 Å². The van der Waals surface area contributed by atoms with Gasteiger partial charge in [0.15, 0.2) is 18.1 Å². The molecule has 3 aromatic rings. The Kier molecular flexibility index (Phi) is 9.22. The molecule has 0 fully saturated rings. The molecule has 0 saturated heterocycles. The normalized spacial score (nSPS) is 11.0. The van der Waals surface area contributed by atoms with Gasteiger partial charge in [0.1, 0.15) is 0 Å². The number of benzene rings is 3. The zero-order valence-corrected chi connectivity index (χ0v) is 22.2. The first-order valence-corrected chi connectivity index (χ1v) is 12.2. The molecular formula is C26H21Cl2IN2O3. The third-order valence-electron chi connectivity index (χ3n) is 4.72. The summed E-state index contributed by atoms with van der Waals surface area (Å²) in [5.74, 6) is 0.624. The molecule has 34 heavy (non-hydrogen) atoms. The summed E-state index contributed by atoms with van der Waals surface area (Å²) in [4.78, 5) is 12.4. The third kappa shape index (κ3) is 6.89. The van der Waals surface area contributed by atoms with Crippen molar-refractivity contribution < 1.29 is 14.3 Å². The summed E-state index contributed by atoms with van der Waals surface area (Å²) in [5, 5.41) is 13.6. The van der Waals surface area contributed by atoms with Crippen LogP contribution in [0.5, 0.6) is 11.5 Å². The molecule has 0 unspecified atom stereocenters. The van der Waals surface area contributed by atoms with Crippen LogP contribution in [0.2, 0.25) is 10.0 Å². The summed E-state index contributed by atoms with van der Waals surface area (Å²) in [5.41, 5.74) is 3.53. The van der Waals surface area contributed by atoms with Gasteiger partial charge in [0.2, 0.25) is 0 Å². The summed E-state index contributed by atoms with van der Waals surface area (Å²) in [7, 11) is 0. The quantitative estimate of drug-likeness (QED) is 0.165. The predicted octanol–water partition coefficient (Wildman–Crippen LogP) is 7.39. The average Bonchev–Trinajstić information content (AvgIpc) is 2.80. The highest BCUT2D eigenvalue weighted by atomic mass is 127. The lowest BCUT2D eigenvalue weighted by Crippen LogP contribution is -2.20. The highest BCUT2D eigenvalue weighted by molar-refractivity contribution is 14.1. The van der Waals surface area contributed by atoms with Gasteiger partial charge in [-0.05, 0) is 95.6 Å². The topological polar surface area (TPSA) is 71.3 Å². The van der Waals surface area contributed by atoms with Crippen LogP contribution in [0.3, 0.4) is 0 Å². The lowest BCUT2D eigenvalue weighted by atomic mass is 10.0. The Morgan fingerprint density at radius 3 is 2.50 bits per heavy atom. The molecule has 1 N–H and O–H groups in total. The number of nitriles is 1. The number of nitrogens with one attached hydrogen (secondary N) is 1. The van der Waals surface area contributed by atoms with Crippen LogP contribution in [0.1, 0.15) is 23.6 Å². The number of halogens is 3. The van der Waals surface area contributed by atoms with E-state index in [1.807, 2.05) is 26.0 Å². The highest BCUT2D eigenvalue weighted by Gasteiger charge is 2.15. The van der Waals surface area contributed by atoms with Crippen molar-refractivity contribution in [3.8, 4) is 17.6 Å². The smallest absolute Gasteiger partial charge is 0.262 e. The fraction of sp³-hybridized carbons (Fsp3) is 0.154. The predicted molar refractivity (Wildman–Crippen MR) is 146 cm³/mol. The lowest BCUT2D eigenvalue weighted by Gasteiger charge is -2.15. The molecular weight excluding hydrogens is 586 g/mol. The Balaban J connectivity index is 1.80. The van der Waals surface area contributed by atoms with E-state index in [4.69, 9.17) is 32.7 Å². The van der Waals surface area contributed by atoms with Crippen molar-refractivity contribution in [3.63, 3.8) is 0 Å². The minimum Gasteiger partial charge on any atom is -0.490 e. The maximum absolute atomic E-state index is 12.4. The Bertz CT molecular complexity index is 1270. The molecule has 0 heterocycles. The zero-order valence-electron chi connectivity index (χ0n) is 18.5. The van der Waals surface area contributed by atoms with E-state index in [-0.39, 0.29) is 12.5 Å². The van der Waals surface area contributed by atoms with Gasteiger partial charge in [-0.3, -0.25) is 4.79 Å². The van der Waals surface area contributed by atoms with Crippen LogP contribution in [0.4, 0.5) is 5.69 Å². The molecule has 0 aromatic heterocycles. The molecule has 8 heteroatoms. The van der Waals surface area contributed by atoms with E-state index in [2.05, 4.69) is 34.0 Å². The molecule has 0 spiro atoms. The van der Waals surface area contributed by atoms with Gasteiger partial charge in [0.25, 0.3) is 5.91 Å². The molecule has 0 bridgehead atoms. The van der Waals surface area contributed by atoms with Gasteiger partial charge >= 0.3 is 0 Å². The van der Waals surface area contributed by atoms with E-state index in [1.165, 1.54) is 0 Å².